The molecule has 0 aliphatic rings. The molecule has 3 N–H and O–H groups in total. The molecule has 0 heterocycles. The Morgan fingerprint density at radius 3 is 2.81 bits per heavy atom. The molecular formula is C15H12BrN3O2. The summed E-state index contributed by atoms with van der Waals surface area (Å²) in [7, 11) is 1.45. The Labute approximate surface area is 130 Å². The van der Waals surface area contributed by atoms with Gasteiger partial charge in [-0.15, -0.1) is 0 Å². The predicted molar refractivity (Wildman–Crippen MR) is 84.2 cm³/mol. The van der Waals surface area contributed by atoms with E-state index in [0.29, 0.717) is 28.3 Å². The Bertz CT molecular complexity index is 738. The molecule has 5 nitrogen and oxygen atoms in total. The highest BCUT2D eigenvalue weighted by atomic mass is 79.9. The number of anilines is 2. The largest absolute Gasteiger partial charge is 0.494 e. The van der Waals surface area contributed by atoms with E-state index in [4.69, 9.17) is 15.7 Å². The summed E-state index contributed by atoms with van der Waals surface area (Å²) in [5, 5.41) is 11.8. The molecule has 6 heteroatoms. The first kappa shape index (κ1) is 14.9. The first-order valence-corrected chi connectivity index (χ1v) is 6.79. The van der Waals surface area contributed by atoms with E-state index in [1.54, 1.807) is 36.4 Å². The van der Waals surface area contributed by atoms with Crippen LogP contribution in [0.2, 0.25) is 0 Å². The lowest BCUT2D eigenvalue weighted by Crippen LogP contribution is -2.14. The monoisotopic (exact) mass is 345 g/mol. The van der Waals surface area contributed by atoms with Gasteiger partial charge in [-0.1, -0.05) is 22.0 Å². The summed E-state index contributed by atoms with van der Waals surface area (Å²) < 4.78 is 5.91. The lowest BCUT2D eigenvalue weighted by molar-refractivity contribution is 0.102. The number of methoxy groups -OCH3 is 1. The normalized spacial score (nSPS) is 9.76. The third-order valence-corrected chi connectivity index (χ3v) is 3.34. The van der Waals surface area contributed by atoms with Crippen molar-refractivity contribution < 1.29 is 9.53 Å². The standard InChI is InChI=1S/C15H12BrN3O2/c1-21-14-11(3-2-4-12(14)18)15(20)19-13-6-5-10(16)7-9(13)8-17/h2-7H,18H2,1H3,(H,19,20). The van der Waals surface area contributed by atoms with E-state index in [0.717, 1.165) is 4.47 Å². The maximum atomic E-state index is 12.3. The van der Waals surface area contributed by atoms with Crippen LogP contribution in [0.25, 0.3) is 0 Å². The van der Waals surface area contributed by atoms with E-state index < -0.39 is 5.91 Å². The van der Waals surface area contributed by atoms with Crippen LogP contribution >= 0.6 is 15.9 Å². The van der Waals surface area contributed by atoms with Gasteiger partial charge in [-0.2, -0.15) is 5.26 Å². The van der Waals surface area contributed by atoms with Crippen molar-refractivity contribution in [3.8, 4) is 11.8 Å². The van der Waals surface area contributed by atoms with Gasteiger partial charge >= 0.3 is 0 Å². The number of halogens is 1. The summed E-state index contributed by atoms with van der Waals surface area (Å²) in [5.74, 6) is -0.0800. The van der Waals surface area contributed by atoms with Crippen molar-refractivity contribution in [2.45, 2.75) is 0 Å². The number of para-hydroxylation sites is 1. The topological polar surface area (TPSA) is 88.1 Å². The minimum atomic E-state index is -0.391. The molecule has 0 unspecified atom stereocenters. The average Bonchev–Trinajstić information content (AvgIpc) is 2.48. The molecule has 0 aliphatic heterocycles. The molecule has 0 saturated carbocycles. The minimum Gasteiger partial charge on any atom is -0.494 e. The predicted octanol–water partition coefficient (Wildman–Crippen LogP) is 3.16. The fourth-order valence-corrected chi connectivity index (χ4v) is 2.23. The van der Waals surface area contributed by atoms with Gasteiger partial charge in [0.1, 0.15) is 6.07 Å². The van der Waals surface area contributed by atoms with Gasteiger partial charge in [0.15, 0.2) is 5.75 Å². The van der Waals surface area contributed by atoms with Crippen molar-refractivity contribution >= 4 is 33.2 Å². The van der Waals surface area contributed by atoms with Gasteiger partial charge in [-0.05, 0) is 30.3 Å². The van der Waals surface area contributed by atoms with Crippen LogP contribution in [0.5, 0.6) is 5.75 Å². The van der Waals surface area contributed by atoms with Crippen LogP contribution in [-0.4, -0.2) is 13.0 Å². The Balaban J connectivity index is 2.36. The molecule has 0 radical (unpaired) electrons. The molecule has 0 aliphatic carbocycles. The van der Waals surface area contributed by atoms with Crippen LogP contribution in [0.4, 0.5) is 11.4 Å². The highest BCUT2D eigenvalue weighted by Crippen LogP contribution is 2.27. The summed E-state index contributed by atoms with van der Waals surface area (Å²) in [4.78, 5) is 12.3. The van der Waals surface area contributed by atoms with Crippen LogP contribution in [0, 0.1) is 11.3 Å². The van der Waals surface area contributed by atoms with Crippen molar-refractivity contribution in [1.82, 2.24) is 0 Å². The maximum Gasteiger partial charge on any atom is 0.259 e. The molecule has 2 aromatic carbocycles. The van der Waals surface area contributed by atoms with Gasteiger partial charge in [-0.25, -0.2) is 0 Å². The molecule has 21 heavy (non-hydrogen) atoms. The van der Waals surface area contributed by atoms with E-state index in [2.05, 4.69) is 21.2 Å². The fraction of sp³-hybridized carbons (Fsp3) is 0.0667. The number of nitriles is 1. The molecule has 2 aromatic rings. The number of nitrogens with two attached hydrogens (primary N) is 1. The Morgan fingerprint density at radius 1 is 1.38 bits per heavy atom. The highest BCUT2D eigenvalue weighted by Gasteiger charge is 2.16. The molecule has 1 amide bonds. The van der Waals surface area contributed by atoms with Crippen LogP contribution in [0.1, 0.15) is 15.9 Å². The van der Waals surface area contributed by atoms with Gasteiger partial charge in [0.05, 0.1) is 29.6 Å². The number of nitrogens with one attached hydrogen (secondary N) is 1. The fourth-order valence-electron chi connectivity index (χ4n) is 1.87. The summed E-state index contributed by atoms with van der Waals surface area (Å²) in [6.07, 6.45) is 0. The second kappa shape index (κ2) is 6.29. The number of nitrogens with zero attached hydrogens (tertiary/aromatic N) is 1. The summed E-state index contributed by atoms with van der Waals surface area (Å²) >= 11 is 3.28. The molecule has 106 valence electrons. The number of benzene rings is 2. The van der Waals surface area contributed by atoms with Crippen LogP contribution in [-0.2, 0) is 0 Å². The van der Waals surface area contributed by atoms with Crippen LogP contribution in [0.15, 0.2) is 40.9 Å². The molecule has 0 saturated heterocycles. The number of amides is 1. The first-order chi connectivity index (χ1) is 10.1. The van der Waals surface area contributed by atoms with E-state index in [9.17, 15) is 4.79 Å². The van der Waals surface area contributed by atoms with Gasteiger partial charge in [0, 0.05) is 4.47 Å². The second-order valence-corrected chi connectivity index (χ2v) is 5.10. The van der Waals surface area contributed by atoms with E-state index >= 15 is 0 Å². The molecule has 0 spiro atoms. The molecule has 0 atom stereocenters. The quantitative estimate of drug-likeness (QED) is 0.836. The number of hydrogen-bond acceptors (Lipinski definition) is 4. The van der Waals surface area contributed by atoms with Crippen molar-refractivity contribution in [2.75, 3.05) is 18.2 Å². The molecule has 0 fully saturated rings. The third-order valence-electron chi connectivity index (χ3n) is 2.84. The minimum absolute atomic E-state index is 0.310. The van der Waals surface area contributed by atoms with Gasteiger partial charge in [0.25, 0.3) is 5.91 Å². The lowest BCUT2D eigenvalue weighted by atomic mass is 10.1. The molecule has 2 rings (SSSR count). The van der Waals surface area contributed by atoms with Crippen LogP contribution in [0.3, 0.4) is 0 Å². The third kappa shape index (κ3) is 3.15. The van der Waals surface area contributed by atoms with E-state index in [1.165, 1.54) is 7.11 Å². The average molecular weight is 346 g/mol. The number of rotatable bonds is 3. The Kier molecular flexibility index (Phi) is 4.45. The van der Waals surface area contributed by atoms with Crippen molar-refractivity contribution in [3.05, 3.63) is 52.0 Å². The summed E-state index contributed by atoms with van der Waals surface area (Å²) in [6, 6.07) is 12.0. The number of carbonyl (C=O) groups excluding carboxylic acids is 1. The van der Waals surface area contributed by atoms with Gasteiger partial charge in [-0.3, -0.25) is 4.79 Å². The summed E-state index contributed by atoms with van der Waals surface area (Å²) in [6.45, 7) is 0. The van der Waals surface area contributed by atoms with Gasteiger partial charge in [0.2, 0.25) is 0 Å². The summed E-state index contributed by atoms with van der Waals surface area (Å²) in [5.41, 5.74) is 7.25. The second-order valence-electron chi connectivity index (χ2n) is 4.18. The maximum absolute atomic E-state index is 12.3. The Hall–Kier alpha value is -2.52. The zero-order chi connectivity index (χ0) is 15.4. The number of carbonyl (C=O) groups is 1. The van der Waals surface area contributed by atoms with Crippen molar-refractivity contribution in [1.29, 1.82) is 5.26 Å². The molecule has 0 bridgehead atoms. The van der Waals surface area contributed by atoms with Crippen LogP contribution < -0.4 is 15.8 Å². The number of ether oxygens (including phenoxy) is 1. The first-order valence-electron chi connectivity index (χ1n) is 6.00. The lowest BCUT2D eigenvalue weighted by Gasteiger charge is -2.12. The molecule has 0 aromatic heterocycles. The van der Waals surface area contributed by atoms with E-state index in [1.807, 2.05) is 6.07 Å². The van der Waals surface area contributed by atoms with Crippen molar-refractivity contribution in [3.63, 3.8) is 0 Å². The smallest absolute Gasteiger partial charge is 0.259 e. The highest BCUT2D eigenvalue weighted by molar-refractivity contribution is 9.10. The molecular weight excluding hydrogens is 334 g/mol. The Morgan fingerprint density at radius 2 is 2.14 bits per heavy atom. The van der Waals surface area contributed by atoms with Gasteiger partial charge < -0.3 is 15.8 Å². The zero-order valence-corrected chi connectivity index (χ0v) is 12.8. The van der Waals surface area contributed by atoms with Crippen molar-refractivity contribution in [2.24, 2.45) is 0 Å². The van der Waals surface area contributed by atoms with E-state index in [-0.39, 0.29) is 0 Å². The number of hydrogen-bond donors (Lipinski definition) is 2. The SMILES string of the molecule is COc1c(N)cccc1C(=O)Nc1ccc(Br)cc1C#N. The zero-order valence-electron chi connectivity index (χ0n) is 11.2. The number of nitrogen functional groups attached to an aromatic ring is 1.